The van der Waals surface area contributed by atoms with Crippen molar-refractivity contribution >= 4 is 17.3 Å². The molecule has 0 spiro atoms. The summed E-state index contributed by atoms with van der Waals surface area (Å²) in [4.78, 5) is 11.9. The maximum Gasteiger partial charge on any atom is 0.282 e. The Morgan fingerprint density at radius 1 is 1.48 bits per heavy atom. The number of nitrogens with zero attached hydrogens (tertiary/aromatic N) is 2. The molecule has 1 aromatic carbocycles. The van der Waals surface area contributed by atoms with Crippen molar-refractivity contribution in [1.82, 2.24) is 5.32 Å². The Hall–Kier alpha value is -2.59. The van der Waals surface area contributed by atoms with E-state index in [9.17, 15) is 4.79 Å². The van der Waals surface area contributed by atoms with E-state index >= 15 is 0 Å². The summed E-state index contributed by atoms with van der Waals surface area (Å²) in [7, 11) is 0. The molecule has 7 heteroatoms. The van der Waals surface area contributed by atoms with Crippen LogP contribution in [0.3, 0.4) is 0 Å². The van der Waals surface area contributed by atoms with Crippen LogP contribution in [0.5, 0.6) is 5.75 Å². The number of nitriles is 1. The van der Waals surface area contributed by atoms with Gasteiger partial charge in [0.1, 0.15) is 11.8 Å². The van der Waals surface area contributed by atoms with Crippen LogP contribution >= 0.6 is 0 Å². The average molecular weight is 316 g/mol. The molecule has 2 rings (SSSR count). The summed E-state index contributed by atoms with van der Waals surface area (Å²) in [5.41, 5.74) is 3.13. The number of amides is 1. The van der Waals surface area contributed by atoms with Gasteiger partial charge in [0.05, 0.1) is 18.4 Å². The second-order valence-electron chi connectivity index (χ2n) is 4.99. The third-order valence-corrected chi connectivity index (χ3v) is 3.30. The Labute approximate surface area is 135 Å². The molecular formula is C16H20N4O3. The summed E-state index contributed by atoms with van der Waals surface area (Å²) in [6, 6.07) is 8.87. The van der Waals surface area contributed by atoms with E-state index in [1.54, 1.807) is 30.3 Å². The zero-order chi connectivity index (χ0) is 16.5. The first-order chi connectivity index (χ1) is 11.2. The minimum Gasteiger partial charge on any atom is -0.494 e. The SMILES string of the molecule is CCOc1ccc(N/N=C(\C#N)C(=O)NCC2CCCO2)cc1. The number of rotatable bonds is 7. The summed E-state index contributed by atoms with van der Waals surface area (Å²) in [5.74, 6) is 0.235. The van der Waals surface area contributed by atoms with E-state index < -0.39 is 5.91 Å². The Kier molecular flexibility index (Phi) is 6.39. The van der Waals surface area contributed by atoms with Gasteiger partial charge in [-0.2, -0.15) is 10.4 Å². The van der Waals surface area contributed by atoms with Crippen molar-refractivity contribution in [1.29, 1.82) is 5.26 Å². The molecule has 1 aromatic rings. The third-order valence-electron chi connectivity index (χ3n) is 3.30. The predicted molar refractivity (Wildman–Crippen MR) is 86.3 cm³/mol. The van der Waals surface area contributed by atoms with Crippen LogP contribution in [0.1, 0.15) is 19.8 Å². The molecule has 1 aliphatic rings. The topological polar surface area (TPSA) is 95.7 Å². The molecule has 23 heavy (non-hydrogen) atoms. The van der Waals surface area contributed by atoms with E-state index in [4.69, 9.17) is 14.7 Å². The maximum atomic E-state index is 11.9. The van der Waals surface area contributed by atoms with Crippen molar-refractivity contribution in [3.63, 3.8) is 0 Å². The Morgan fingerprint density at radius 2 is 2.26 bits per heavy atom. The number of carbonyl (C=O) groups excluding carboxylic acids is 1. The van der Waals surface area contributed by atoms with Gasteiger partial charge in [0.15, 0.2) is 0 Å². The van der Waals surface area contributed by atoms with Gasteiger partial charge in [0, 0.05) is 13.2 Å². The van der Waals surface area contributed by atoms with Gasteiger partial charge < -0.3 is 14.8 Å². The predicted octanol–water partition coefficient (Wildman–Crippen LogP) is 1.67. The number of ether oxygens (including phenoxy) is 2. The molecule has 0 aliphatic carbocycles. The Balaban J connectivity index is 1.87. The van der Waals surface area contributed by atoms with Gasteiger partial charge in [0.2, 0.25) is 5.71 Å². The van der Waals surface area contributed by atoms with Crippen molar-refractivity contribution in [2.24, 2.45) is 5.10 Å². The zero-order valence-corrected chi connectivity index (χ0v) is 13.0. The number of nitrogens with one attached hydrogen (secondary N) is 2. The fourth-order valence-corrected chi connectivity index (χ4v) is 2.13. The van der Waals surface area contributed by atoms with Crippen LogP contribution in [0, 0.1) is 11.3 Å². The van der Waals surface area contributed by atoms with E-state index in [1.807, 2.05) is 6.92 Å². The zero-order valence-electron chi connectivity index (χ0n) is 13.0. The minimum atomic E-state index is -0.513. The molecule has 1 unspecified atom stereocenters. The van der Waals surface area contributed by atoms with Crippen molar-refractivity contribution < 1.29 is 14.3 Å². The third kappa shape index (κ3) is 5.27. The molecule has 1 saturated heterocycles. The summed E-state index contributed by atoms with van der Waals surface area (Å²) in [6.07, 6.45) is 1.95. The van der Waals surface area contributed by atoms with Crippen LogP contribution in [0.4, 0.5) is 5.69 Å². The molecule has 1 aliphatic heterocycles. The van der Waals surface area contributed by atoms with E-state index in [2.05, 4.69) is 15.8 Å². The van der Waals surface area contributed by atoms with Gasteiger partial charge in [-0.05, 0) is 44.0 Å². The molecule has 1 fully saturated rings. The smallest absolute Gasteiger partial charge is 0.282 e. The van der Waals surface area contributed by atoms with E-state index in [0.717, 1.165) is 25.2 Å². The van der Waals surface area contributed by atoms with Crippen LogP contribution in [0.2, 0.25) is 0 Å². The fourth-order valence-electron chi connectivity index (χ4n) is 2.13. The lowest BCUT2D eigenvalue weighted by atomic mass is 10.2. The highest BCUT2D eigenvalue weighted by Gasteiger charge is 2.18. The monoisotopic (exact) mass is 316 g/mol. The molecule has 0 bridgehead atoms. The van der Waals surface area contributed by atoms with Gasteiger partial charge >= 0.3 is 0 Å². The number of hydrazone groups is 1. The number of anilines is 1. The molecule has 1 amide bonds. The minimum absolute atomic E-state index is 0.0259. The highest BCUT2D eigenvalue weighted by atomic mass is 16.5. The van der Waals surface area contributed by atoms with E-state index in [0.29, 0.717) is 18.8 Å². The van der Waals surface area contributed by atoms with Gasteiger partial charge in [-0.25, -0.2) is 0 Å². The lowest BCUT2D eigenvalue weighted by Gasteiger charge is -2.10. The molecule has 0 aromatic heterocycles. The van der Waals surface area contributed by atoms with Crippen LogP contribution < -0.4 is 15.5 Å². The normalized spacial score (nSPS) is 17.4. The first-order valence-electron chi connectivity index (χ1n) is 7.59. The van der Waals surface area contributed by atoms with Crippen molar-refractivity contribution in [2.75, 3.05) is 25.2 Å². The summed E-state index contributed by atoms with van der Waals surface area (Å²) in [5, 5.41) is 15.6. The number of benzene rings is 1. The van der Waals surface area contributed by atoms with Gasteiger partial charge in [0.25, 0.3) is 5.91 Å². The maximum absolute atomic E-state index is 11.9. The van der Waals surface area contributed by atoms with Crippen LogP contribution in [0.25, 0.3) is 0 Å². The molecule has 1 atom stereocenters. The second kappa shape index (κ2) is 8.76. The Bertz CT molecular complexity index is 586. The molecule has 2 N–H and O–H groups in total. The number of hydrogen-bond donors (Lipinski definition) is 2. The second-order valence-corrected chi connectivity index (χ2v) is 4.99. The lowest BCUT2D eigenvalue weighted by Crippen LogP contribution is -2.36. The largest absolute Gasteiger partial charge is 0.494 e. The average Bonchev–Trinajstić information content (AvgIpc) is 3.09. The molecule has 0 saturated carbocycles. The quantitative estimate of drug-likeness (QED) is 0.589. The van der Waals surface area contributed by atoms with Gasteiger partial charge in [-0.3, -0.25) is 10.2 Å². The van der Waals surface area contributed by atoms with Crippen molar-refractivity contribution in [3.8, 4) is 11.8 Å². The summed E-state index contributed by atoms with van der Waals surface area (Å²) < 4.78 is 10.7. The first-order valence-corrected chi connectivity index (χ1v) is 7.59. The highest BCUT2D eigenvalue weighted by molar-refractivity contribution is 6.45. The van der Waals surface area contributed by atoms with Gasteiger partial charge in [-0.15, -0.1) is 0 Å². The molecule has 7 nitrogen and oxygen atoms in total. The molecule has 1 heterocycles. The number of hydrogen-bond acceptors (Lipinski definition) is 6. The highest BCUT2D eigenvalue weighted by Crippen LogP contribution is 2.15. The summed E-state index contributed by atoms with van der Waals surface area (Å²) in [6.45, 7) is 3.61. The molecule has 122 valence electrons. The van der Waals surface area contributed by atoms with Crippen molar-refractivity contribution in [3.05, 3.63) is 24.3 Å². The molecule has 0 radical (unpaired) electrons. The standard InChI is InChI=1S/C16H20N4O3/c1-2-22-13-7-5-12(6-8-13)19-20-15(10-17)16(21)18-11-14-4-3-9-23-14/h5-8,14,19H,2-4,9,11H2,1H3,(H,18,21)/b20-15+. The summed E-state index contributed by atoms with van der Waals surface area (Å²) >= 11 is 0. The van der Waals surface area contributed by atoms with E-state index in [-0.39, 0.29) is 11.8 Å². The van der Waals surface area contributed by atoms with Crippen LogP contribution in [-0.4, -0.2) is 37.5 Å². The lowest BCUT2D eigenvalue weighted by molar-refractivity contribution is -0.115. The fraction of sp³-hybridized carbons (Fsp3) is 0.438. The van der Waals surface area contributed by atoms with Crippen LogP contribution in [-0.2, 0) is 9.53 Å². The van der Waals surface area contributed by atoms with Gasteiger partial charge in [-0.1, -0.05) is 0 Å². The van der Waals surface area contributed by atoms with Crippen molar-refractivity contribution in [2.45, 2.75) is 25.9 Å². The van der Waals surface area contributed by atoms with Crippen LogP contribution in [0.15, 0.2) is 29.4 Å². The molecular weight excluding hydrogens is 296 g/mol. The van der Waals surface area contributed by atoms with E-state index in [1.165, 1.54) is 0 Å². The first kappa shape index (κ1) is 16.8. The Morgan fingerprint density at radius 3 is 2.87 bits per heavy atom. The number of carbonyl (C=O) groups is 1.